The normalized spacial score (nSPS) is 14.0. The Morgan fingerprint density at radius 3 is 1.26 bits per heavy atom. The number of hydrogen-bond donors (Lipinski definition) is 8. The summed E-state index contributed by atoms with van der Waals surface area (Å²) in [6.07, 6.45) is 4.57. The molecule has 31 heteroatoms. The number of carbonyl (C=O) groups excluding carboxylic acids is 5. The molecule has 10 N–H and O–H groups in total. The molecule has 0 atom stereocenters. The van der Waals surface area contributed by atoms with Crippen molar-refractivity contribution < 1.29 is 39.0 Å². The van der Waals surface area contributed by atoms with Gasteiger partial charge in [0, 0.05) is 96.7 Å². The van der Waals surface area contributed by atoms with Gasteiger partial charge in [-0.3, -0.25) is 24.0 Å². The minimum atomic E-state index is -0.468. The second-order valence-electron chi connectivity index (χ2n) is 25.7. The predicted molar refractivity (Wildman–Crippen MR) is 457 cm³/mol. The van der Waals surface area contributed by atoms with E-state index in [4.69, 9.17) is 92.7 Å². The lowest BCUT2D eigenvalue weighted by atomic mass is 9.80. The second-order valence-corrected chi connectivity index (χ2v) is 31.9. The first kappa shape index (κ1) is 93.0. The number of nitrogen functional groups attached to an aromatic ring is 2. The molecule has 3 aliphatic rings. The van der Waals surface area contributed by atoms with Crippen LogP contribution in [0.3, 0.4) is 0 Å². The Morgan fingerprint density at radius 2 is 0.848 bits per heavy atom. The molecule has 3 saturated heterocycles. The fraction of sp³-hybridized carbons (Fsp3) is 0.365. The monoisotopic (exact) mass is 1830 g/mol. The second kappa shape index (κ2) is 46.3. The molecule has 17 nitrogen and oxygen atoms in total. The molecule has 0 aliphatic carbocycles. The standard InChI is InChI=1S/C21H25BBrClN2O2.C14H19BBrClN2O2.C9H9BrClNO.C9H10ClNO.C7H13BClNO2.C7H7BrClN.C7H8ClN/c1-15-12-20(18(23)13-19(15)24)26(14-16-6-4-3-5-7-16)21(27)17-8-10-25(11-9-17)22(2)28;1-9-7-13(11(16)8-12(9)17)18-14(20)10-3-5-19(6-4-10)15(2)21;1-5-3-9(12-6(2)13)7(10)4-8(5)11;1-6-5-8(11-7(2)12)3-4-9(6)10;1-8(12)10-4-2-6(3-5-10)7(9)11;1-4-2-7(10)5(8)3-6(4)9;1-5-4-6(9)2-3-7(5)8/h3-7,12-13,17,28H,8-11,14H2,1-2H3;7-8,10,21H,3-6H2,1-2H3,(H,18,20);3-4H,1-2H3,(H,12,13);3-5H,1-2H3,(H,11,12);6,12H,2-5H2,1H3;2-3H,10H2,1H3;2-4H,9H2,1H3. The number of carbonyl (C=O) groups is 5. The first-order chi connectivity index (χ1) is 49.3. The van der Waals surface area contributed by atoms with Gasteiger partial charge in [0.05, 0.1) is 23.6 Å². The highest BCUT2D eigenvalue weighted by Crippen LogP contribution is 2.37. The summed E-state index contributed by atoms with van der Waals surface area (Å²) in [5.41, 5.74) is 22.5. The van der Waals surface area contributed by atoms with Crippen molar-refractivity contribution >= 4 is 229 Å². The number of nitrogens with zero attached hydrogens (tertiary/aromatic N) is 4. The molecule has 566 valence electrons. The number of rotatable bonds is 12. The van der Waals surface area contributed by atoms with Crippen molar-refractivity contribution in [3.05, 3.63) is 202 Å². The van der Waals surface area contributed by atoms with Crippen LogP contribution in [0.1, 0.15) is 91.3 Å². The highest BCUT2D eigenvalue weighted by Gasteiger charge is 2.33. The maximum absolute atomic E-state index is 13.5. The molecule has 0 unspecified atom stereocenters. The first-order valence-corrected chi connectivity index (χ1v) is 39.6. The van der Waals surface area contributed by atoms with Crippen molar-refractivity contribution in [2.24, 2.45) is 17.8 Å². The lowest BCUT2D eigenvalue weighted by molar-refractivity contribution is -0.124. The molecule has 3 heterocycles. The van der Waals surface area contributed by atoms with E-state index in [0.717, 1.165) is 179 Å². The molecule has 3 aliphatic heterocycles. The van der Waals surface area contributed by atoms with Gasteiger partial charge in [0.1, 0.15) is 0 Å². The minimum Gasteiger partial charge on any atom is -0.437 e. The smallest absolute Gasteiger partial charge is 0.376 e. The number of nitrogens with one attached hydrogen (secondary N) is 3. The van der Waals surface area contributed by atoms with Crippen LogP contribution < -0.4 is 32.3 Å². The van der Waals surface area contributed by atoms with E-state index >= 15 is 0 Å². The Bertz CT molecular complexity index is 4000. The van der Waals surface area contributed by atoms with E-state index in [1.807, 2.05) is 134 Å². The number of anilines is 6. The molecule has 0 radical (unpaired) electrons. The lowest BCUT2D eigenvalue weighted by Crippen LogP contribution is -2.47. The van der Waals surface area contributed by atoms with Crippen molar-refractivity contribution in [1.29, 1.82) is 0 Å². The zero-order valence-corrected chi connectivity index (χ0v) is 72.2. The fourth-order valence-corrected chi connectivity index (χ4v) is 14.3. The van der Waals surface area contributed by atoms with Crippen LogP contribution in [0.15, 0.2) is 133 Å². The van der Waals surface area contributed by atoms with Gasteiger partial charge in [-0.1, -0.05) is 99.9 Å². The van der Waals surface area contributed by atoms with E-state index in [1.165, 1.54) is 13.8 Å². The molecule has 7 aromatic carbocycles. The molecular formula is C74H91B3Br4Cl7N9O8. The van der Waals surface area contributed by atoms with Crippen LogP contribution in [-0.4, -0.2) is 119 Å². The molecule has 0 bridgehead atoms. The Morgan fingerprint density at radius 1 is 0.467 bits per heavy atom. The first-order valence-electron chi connectivity index (χ1n) is 33.8. The zero-order chi connectivity index (χ0) is 78.7. The van der Waals surface area contributed by atoms with Crippen LogP contribution in [0.4, 0.5) is 34.1 Å². The molecule has 105 heavy (non-hydrogen) atoms. The van der Waals surface area contributed by atoms with Crippen LogP contribution in [0.5, 0.6) is 0 Å². The van der Waals surface area contributed by atoms with Crippen LogP contribution in [0.25, 0.3) is 0 Å². The number of benzene rings is 7. The Kier molecular flexibility index (Phi) is 41.0. The summed E-state index contributed by atoms with van der Waals surface area (Å²) in [4.78, 5) is 65.9. The number of nitrogens with two attached hydrogens (primary N) is 2. The van der Waals surface area contributed by atoms with Crippen LogP contribution in [0.2, 0.25) is 50.6 Å². The van der Waals surface area contributed by atoms with E-state index in [2.05, 4.69) is 79.7 Å². The SMILES string of the molecule is CB(O)N1CCC(C(=O)Cl)CC1.CB(O)N1CCC(C(=O)N(Cc2ccccc2)c2cc(C)c(Cl)cc2Br)CC1.CB(O)N1CCC(C(=O)Nc2cc(C)c(Cl)cc2Br)CC1.CC(=O)Nc1cc(C)c(Cl)cc1Br.CC(=O)Nc1ccc(Cl)c(C)c1.Cc1cc(N)c(Br)cc1Cl.Cc1cc(N)ccc1Cl. The number of amides is 4. The molecule has 10 rings (SSSR count). The Hall–Kier alpha value is -4.41. The molecule has 0 aromatic heterocycles. The van der Waals surface area contributed by atoms with Crippen LogP contribution in [0, 0.1) is 59.3 Å². The van der Waals surface area contributed by atoms with Gasteiger partial charge in [-0.15, -0.1) is 0 Å². The fourth-order valence-electron chi connectivity index (χ4n) is 10.9. The van der Waals surface area contributed by atoms with Gasteiger partial charge >= 0.3 is 21.2 Å². The van der Waals surface area contributed by atoms with Gasteiger partial charge in [-0.05, 0) is 339 Å². The van der Waals surface area contributed by atoms with Gasteiger partial charge in [0.25, 0.3) is 0 Å². The molecular weight excluding hydrogens is 1740 g/mol. The van der Waals surface area contributed by atoms with Crippen molar-refractivity contribution in [1.82, 2.24) is 14.4 Å². The van der Waals surface area contributed by atoms with Gasteiger partial charge in [-0.25, -0.2) is 0 Å². The highest BCUT2D eigenvalue weighted by molar-refractivity contribution is 9.11. The number of aryl methyl sites for hydroxylation is 6. The number of halogens is 11. The van der Waals surface area contributed by atoms with Crippen molar-refractivity contribution in [3.63, 3.8) is 0 Å². The van der Waals surface area contributed by atoms with Crippen molar-refractivity contribution in [2.45, 2.75) is 121 Å². The maximum atomic E-state index is 13.5. The van der Waals surface area contributed by atoms with Crippen molar-refractivity contribution in [2.75, 3.05) is 71.6 Å². The number of hydrogen-bond acceptors (Lipinski definition) is 13. The van der Waals surface area contributed by atoms with Gasteiger partial charge < -0.3 is 61.8 Å². The summed E-state index contributed by atoms with van der Waals surface area (Å²) in [6, 6.07) is 35.6. The zero-order valence-electron chi connectivity index (χ0n) is 60.6. The summed E-state index contributed by atoms with van der Waals surface area (Å²) < 4.78 is 3.24. The van der Waals surface area contributed by atoms with Crippen molar-refractivity contribution in [3.8, 4) is 0 Å². The van der Waals surface area contributed by atoms with E-state index in [-0.39, 0.29) is 46.6 Å². The molecule has 7 aromatic rings. The predicted octanol–water partition coefficient (Wildman–Crippen LogP) is 19.7. The van der Waals surface area contributed by atoms with Gasteiger partial charge in [-0.2, -0.15) is 0 Å². The Labute approximate surface area is 688 Å². The Balaban J connectivity index is 0.000000270. The molecule has 4 amide bonds. The summed E-state index contributed by atoms with van der Waals surface area (Å²) in [7, 11) is -1.32. The molecule has 3 fully saturated rings. The van der Waals surface area contributed by atoms with E-state index in [1.54, 1.807) is 62.9 Å². The minimum absolute atomic E-state index is 0.00154. The third-order valence-electron chi connectivity index (χ3n) is 17.2. The largest absolute Gasteiger partial charge is 0.437 e. The molecule has 0 spiro atoms. The molecule has 0 saturated carbocycles. The van der Waals surface area contributed by atoms with E-state index in [9.17, 15) is 39.0 Å². The third kappa shape index (κ3) is 32.2. The summed E-state index contributed by atoms with van der Waals surface area (Å²) in [5.74, 6) is -0.0792. The highest BCUT2D eigenvalue weighted by atomic mass is 79.9. The van der Waals surface area contributed by atoms with Crippen LogP contribution in [-0.2, 0) is 30.5 Å². The van der Waals surface area contributed by atoms with Crippen LogP contribution >= 0.6 is 145 Å². The average Bonchev–Trinajstić information content (AvgIpc) is 0.801. The summed E-state index contributed by atoms with van der Waals surface area (Å²) in [5, 5.41) is 40.9. The van der Waals surface area contributed by atoms with Gasteiger partial charge in [0.15, 0.2) is 0 Å². The average molecular weight is 1830 g/mol. The third-order valence-corrected chi connectivity index (χ3v) is 22.6. The maximum Gasteiger partial charge on any atom is 0.376 e. The van der Waals surface area contributed by atoms with Gasteiger partial charge in [0.2, 0.25) is 28.9 Å². The summed E-state index contributed by atoms with van der Waals surface area (Å²) >= 11 is 54.5. The topological polar surface area (TPSA) is 247 Å². The summed E-state index contributed by atoms with van der Waals surface area (Å²) in [6.45, 7) is 24.7. The van der Waals surface area contributed by atoms with E-state index in [0.29, 0.717) is 26.6 Å². The quantitative estimate of drug-likeness (QED) is 0.0323. The number of piperidine rings is 3. The van der Waals surface area contributed by atoms with E-state index < -0.39 is 21.2 Å². The lowest BCUT2D eigenvalue weighted by Gasteiger charge is -2.35.